The Balaban J connectivity index is 1.53. The van der Waals surface area contributed by atoms with Crippen LogP contribution in [-0.4, -0.2) is 46.7 Å². The number of hydrogen-bond acceptors (Lipinski definition) is 3. The number of hydrogen-bond donors (Lipinski definition) is 0. The van der Waals surface area contributed by atoms with Crippen molar-refractivity contribution < 1.29 is 14.4 Å². The Morgan fingerprint density at radius 1 is 1.00 bits per heavy atom. The lowest BCUT2D eigenvalue weighted by Gasteiger charge is -2.33. The standard InChI is InChI=1S/C23H24N2O3/c1-16-7-5-6-13-24(16)21(26)18-10-11-19-20(15-18)23(28)25(22(19)27)14-12-17-8-3-2-4-9-17/h2-4,8-11,15-16H,5-7,12-14H2,1H3/t16-/m0/s1. The first-order chi connectivity index (χ1) is 13.6. The van der Waals surface area contributed by atoms with Crippen molar-refractivity contribution in [1.82, 2.24) is 9.80 Å². The van der Waals surface area contributed by atoms with E-state index in [-0.39, 0.29) is 23.8 Å². The van der Waals surface area contributed by atoms with Crippen LogP contribution in [0.1, 0.15) is 62.8 Å². The number of amides is 3. The van der Waals surface area contributed by atoms with E-state index in [1.54, 1.807) is 18.2 Å². The molecule has 0 N–H and O–H groups in total. The van der Waals surface area contributed by atoms with Crippen molar-refractivity contribution in [3.8, 4) is 0 Å². The van der Waals surface area contributed by atoms with E-state index in [2.05, 4.69) is 6.92 Å². The molecule has 0 aromatic heterocycles. The molecular formula is C23H24N2O3. The van der Waals surface area contributed by atoms with Crippen LogP contribution in [0.2, 0.25) is 0 Å². The van der Waals surface area contributed by atoms with E-state index < -0.39 is 0 Å². The fourth-order valence-corrected chi connectivity index (χ4v) is 4.08. The highest BCUT2D eigenvalue weighted by atomic mass is 16.2. The summed E-state index contributed by atoms with van der Waals surface area (Å²) in [4.78, 5) is 41.6. The number of fused-ring (bicyclic) bond motifs is 1. The summed E-state index contributed by atoms with van der Waals surface area (Å²) >= 11 is 0. The Labute approximate surface area is 164 Å². The highest BCUT2D eigenvalue weighted by molar-refractivity contribution is 6.22. The average molecular weight is 376 g/mol. The molecule has 1 saturated heterocycles. The molecule has 3 amide bonds. The molecule has 2 aliphatic heterocycles. The largest absolute Gasteiger partial charge is 0.336 e. The van der Waals surface area contributed by atoms with Gasteiger partial charge in [-0.25, -0.2) is 0 Å². The topological polar surface area (TPSA) is 57.7 Å². The number of rotatable bonds is 4. The quantitative estimate of drug-likeness (QED) is 0.767. The van der Waals surface area contributed by atoms with Gasteiger partial charge in [-0.2, -0.15) is 0 Å². The average Bonchev–Trinajstić information content (AvgIpc) is 2.96. The zero-order valence-electron chi connectivity index (χ0n) is 16.1. The van der Waals surface area contributed by atoms with Crippen LogP contribution in [0, 0.1) is 0 Å². The van der Waals surface area contributed by atoms with Gasteiger partial charge in [-0.15, -0.1) is 0 Å². The first-order valence-corrected chi connectivity index (χ1v) is 9.91. The summed E-state index contributed by atoms with van der Waals surface area (Å²) in [6.45, 7) is 3.14. The van der Waals surface area contributed by atoms with Gasteiger partial charge in [0.1, 0.15) is 0 Å². The third-order valence-electron chi connectivity index (χ3n) is 5.75. The molecule has 0 aliphatic carbocycles. The summed E-state index contributed by atoms with van der Waals surface area (Å²) in [6, 6.07) is 14.9. The number of likely N-dealkylation sites (tertiary alicyclic amines) is 1. The Morgan fingerprint density at radius 3 is 2.50 bits per heavy atom. The van der Waals surface area contributed by atoms with Gasteiger partial charge in [0.15, 0.2) is 0 Å². The van der Waals surface area contributed by atoms with Crippen LogP contribution in [0.4, 0.5) is 0 Å². The van der Waals surface area contributed by atoms with Crippen molar-refractivity contribution in [3.63, 3.8) is 0 Å². The lowest BCUT2D eigenvalue weighted by Crippen LogP contribution is -2.42. The second-order valence-corrected chi connectivity index (χ2v) is 7.60. The van der Waals surface area contributed by atoms with Gasteiger partial charge < -0.3 is 4.90 Å². The Bertz CT molecular complexity index is 923. The summed E-state index contributed by atoms with van der Waals surface area (Å²) in [6.07, 6.45) is 3.76. The van der Waals surface area contributed by atoms with Crippen LogP contribution in [0.15, 0.2) is 48.5 Å². The molecule has 5 nitrogen and oxygen atoms in total. The lowest BCUT2D eigenvalue weighted by molar-refractivity contribution is 0.0633. The molecule has 0 bridgehead atoms. The number of benzene rings is 2. The number of piperidine rings is 1. The SMILES string of the molecule is C[C@H]1CCCCN1C(=O)c1ccc2c(c1)C(=O)N(CCc1ccccc1)C2=O. The van der Waals surface area contributed by atoms with Gasteiger partial charge >= 0.3 is 0 Å². The summed E-state index contributed by atoms with van der Waals surface area (Å²) in [5.41, 5.74) is 2.29. The van der Waals surface area contributed by atoms with Crippen LogP contribution in [-0.2, 0) is 6.42 Å². The van der Waals surface area contributed by atoms with Crippen molar-refractivity contribution in [2.75, 3.05) is 13.1 Å². The molecule has 0 saturated carbocycles. The van der Waals surface area contributed by atoms with Gasteiger partial charge in [0, 0.05) is 24.7 Å². The monoisotopic (exact) mass is 376 g/mol. The van der Waals surface area contributed by atoms with Gasteiger partial charge in [0.2, 0.25) is 0 Å². The van der Waals surface area contributed by atoms with Crippen molar-refractivity contribution >= 4 is 17.7 Å². The molecule has 28 heavy (non-hydrogen) atoms. The second-order valence-electron chi connectivity index (χ2n) is 7.60. The molecule has 1 atom stereocenters. The van der Waals surface area contributed by atoms with Crippen LogP contribution >= 0.6 is 0 Å². The second kappa shape index (κ2) is 7.58. The molecule has 144 valence electrons. The number of carbonyl (C=O) groups is 3. The number of nitrogens with zero attached hydrogens (tertiary/aromatic N) is 2. The van der Waals surface area contributed by atoms with Gasteiger partial charge in [-0.05, 0) is 56.4 Å². The maximum Gasteiger partial charge on any atom is 0.261 e. The molecule has 2 aromatic rings. The van der Waals surface area contributed by atoms with E-state index in [1.807, 2.05) is 35.2 Å². The molecule has 2 aliphatic rings. The minimum absolute atomic E-state index is 0.0574. The summed E-state index contributed by atoms with van der Waals surface area (Å²) in [5, 5.41) is 0. The summed E-state index contributed by atoms with van der Waals surface area (Å²) < 4.78 is 0. The van der Waals surface area contributed by atoms with E-state index >= 15 is 0 Å². The molecule has 0 spiro atoms. The van der Waals surface area contributed by atoms with E-state index in [1.165, 1.54) is 4.90 Å². The van der Waals surface area contributed by atoms with E-state index in [0.717, 1.165) is 31.4 Å². The van der Waals surface area contributed by atoms with Crippen LogP contribution < -0.4 is 0 Å². The van der Waals surface area contributed by atoms with Gasteiger partial charge in [-0.1, -0.05) is 30.3 Å². The zero-order chi connectivity index (χ0) is 19.7. The highest BCUT2D eigenvalue weighted by Crippen LogP contribution is 2.26. The third-order valence-corrected chi connectivity index (χ3v) is 5.75. The molecule has 4 rings (SSSR count). The van der Waals surface area contributed by atoms with Crippen LogP contribution in [0.5, 0.6) is 0 Å². The molecule has 0 unspecified atom stereocenters. The molecule has 2 heterocycles. The third kappa shape index (κ3) is 3.33. The Hall–Kier alpha value is -2.95. The van der Waals surface area contributed by atoms with E-state index in [0.29, 0.717) is 29.7 Å². The maximum atomic E-state index is 12.9. The Kier molecular flexibility index (Phi) is 4.99. The molecule has 5 heteroatoms. The fraction of sp³-hybridized carbons (Fsp3) is 0.348. The van der Waals surface area contributed by atoms with E-state index in [9.17, 15) is 14.4 Å². The first-order valence-electron chi connectivity index (χ1n) is 9.91. The van der Waals surface area contributed by atoms with Crippen LogP contribution in [0.3, 0.4) is 0 Å². The predicted octanol–water partition coefficient (Wildman–Crippen LogP) is 3.54. The van der Waals surface area contributed by atoms with Crippen molar-refractivity contribution in [2.45, 2.75) is 38.6 Å². The number of carbonyl (C=O) groups excluding carboxylic acids is 3. The maximum absolute atomic E-state index is 12.9. The van der Waals surface area contributed by atoms with E-state index in [4.69, 9.17) is 0 Å². The van der Waals surface area contributed by atoms with Gasteiger partial charge in [0.05, 0.1) is 11.1 Å². The summed E-state index contributed by atoms with van der Waals surface area (Å²) in [5.74, 6) is -0.642. The normalized spacial score (nSPS) is 19.1. The highest BCUT2D eigenvalue weighted by Gasteiger charge is 2.36. The van der Waals surface area contributed by atoms with Crippen molar-refractivity contribution in [3.05, 3.63) is 70.8 Å². The van der Waals surface area contributed by atoms with Crippen LogP contribution in [0.25, 0.3) is 0 Å². The van der Waals surface area contributed by atoms with Gasteiger partial charge in [-0.3, -0.25) is 19.3 Å². The fourth-order valence-electron chi connectivity index (χ4n) is 4.08. The van der Waals surface area contributed by atoms with Gasteiger partial charge in [0.25, 0.3) is 17.7 Å². The predicted molar refractivity (Wildman–Crippen MR) is 106 cm³/mol. The number of imide groups is 1. The van der Waals surface area contributed by atoms with Crippen molar-refractivity contribution in [2.24, 2.45) is 0 Å². The Morgan fingerprint density at radius 2 is 1.75 bits per heavy atom. The lowest BCUT2D eigenvalue weighted by atomic mass is 10.0. The van der Waals surface area contributed by atoms with Crippen molar-refractivity contribution in [1.29, 1.82) is 0 Å². The summed E-state index contributed by atoms with van der Waals surface area (Å²) in [7, 11) is 0. The minimum atomic E-state index is -0.308. The molecular weight excluding hydrogens is 352 g/mol. The molecule has 0 radical (unpaired) electrons. The smallest absolute Gasteiger partial charge is 0.261 e. The first kappa shape index (κ1) is 18.4. The zero-order valence-corrected chi connectivity index (χ0v) is 16.1. The minimum Gasteiger partial charge on any atom is -0.336 e. The molecule has 2 aromatic carbocycles. The molecule has 1 fully saturated rings.